The molecule has 2 N–H and O–H groups in total. The lowest BCUT2D eigenvalue weighted by molar-refractivity contribution is 1.18. The number of nitrogens with two attached hydrogens (primary N) is 1. The summed E-state index contributed by atoms with van der Waals surface area (Å²) < 4.78 is 0. The van der Waals surface area contributed by atoms with Gasteiger partial charge in [0, 0.05) is 17.4 Å². The average Bonchev–Trinajstić information content (AvgIpc) is 2.86. The minimum atomic E-state index is 0.727. The van der Waals surface area contributed by atoms with E-state index < -0.39 is 0 Å². The van der Waals surface area contributed by atoms with E-state index >= 15 is 0 Å². The highest BCUT2D eigenvalue weighted by atomic mass is 32.1. The van der Waals surface area contributed by atoms with Crippen molar-refractivity contribution in [1.82, 2.24) is 9.97 Å². The Labute approximate surface area is 115 Å². The highest BCUT2D eigenvalue weighted by molar-refractivity contribution is 7.13. The first-order valence-electron chi connectivity index (χ1n) is 5.97. The van der Waals surface area contributed by atoms with Gasteiger partial charge >= 0.3 is 0 Å². The van der Waals surface area contributed by atoms with Gasteiger partial charge in [-0.05, 0) is 54.3 Å². The molecule has 19 heavy (non-hydrogen) atoms. The fourth-order valence-electron chi connectivity index (χ4n) is 1.89. The summed E-state index contributed by atoms with van der Waals surface area (Å²) in [4.78, 5) is 10.2. The summed E-state index contributed by atoms with van der Waals surface area (Å²) in [5.41, 5.74) is 9.62. The second-order valence-corrected chi connectivity index (χ2v) is 5.24. The number of hydrogen-bond acceptors (Lipinski definition) is 4. The lowest BCUT2D eigenvalue weighted by Gasteiger charge is -2.04. The maximum atomic E-state index is 5.69. The SMILES string of the molecule is Cc1ccsc1-c1ccnc(-c2ccc(N)cc2)n1. The molecular weight excluding hydrogens is 254 g/mol. The lowest BCUT2D eigenvalue weighted by atomic mass is 10.2. The van der Waals surface area contributed by atoms with Gasteiger partial charge in [0.1, 0.15) is 0 Å². The highest BCUT2D eigenvalue weighted by Gasteiger charge is 2.07. The van der Waals surface area contributed by atoms with Crippen molar-refractivity contribution in [2.75, 3.05) is 5.73 Å². The molecule has 0 bridgehead atoms. The normalized spacial score (nSPS) is 10.6. The average molecular weight is 267 g/mol. The molecule has 3 aromatic rings. The van der Waals surface area contributed by atoms with Crippen LogP contribution in [0.1, 0.15) is 5.56 Å². The van der Waals surface area contributed by atoms with Gasteiger partial charge in [-0.15, -0.1) is 11.3 Å². The zero-order chi connectivity index (χ0) is 13.2. The summed E-state index contributed by atoms with van der Waals surface area (Å²) in [6, 6.07) is 11.7. The molecule has 0 aliphatic heterocycles. The molecule has 2 aromatic heterocycles. The van der Waals surface area contributed by atoms with E-state index in [0.717, 1.165) is 22.8 Å². The minimum Gasteiger partial charge on any atom is -0.399 e. The number of benzene rings is 1. The molecular formula is C15H13N3S. The Bertz CT molecular complexity index is 701. The highest BCUT2D eigenvalue weighted by Crippen LogP contribution is 2.28. The number of nitrogen functional groups attached to an aromatic ring is 1. The van der Waals surface area contributed by atoms with Crippen LogP contribution in [0.25, 0.3) is 22.0 Å². The van der Waals surface area contributed by atoms with Gasteiger partial charge in [0.05, 0.1) is 10.6 Å². The third-order valence-electron chi connectivity index (χ3n) is 2.92. The van der Waals surface area contributed by atoms with Gasteiger partial charge < -0.3 is 5.73 Å². The van der Waals surface area contributed by atoms with Gasteiger partial charge in [-0.1, -0.05) is 0 Å². The van der Waals surface area contributed by atoms with E-state index in [0.29, 0.717) is 0 Å². The minimum absolute atomic E-state index is 0.727. The van der Waals surface area contributed by atoms with Crippen LogP contribution in [0.2, 0.25) is 0 Å². The summed E-state index contributed by atoms with van der Waals surface area (Å²) in [6.07, 6.45) is 1.80. The first-order valence-corrected chi connectivity index (χ1v) is 6.85. The quantitative estimate of drug-likeness (QED) is 0.719. The van der Waals surface area contributed by atoms with Gasteiger partial charge in [-0.3, -0.25) is 0 Å². The van der Waals surface area contributed by atoms with Crippen molar-refractivity contribution in [2.45, 2.75) is 6.92 Å². The topological polar surface area (TPSA) is 51.8 Å². The van der Waals surface area contributed by atoms with Crippen LogP contribution in [0.5, 0.6) is 0 Å². The van der Waals surface area contributed by atoms with Crippen LogP contribution in [-0.4, -0.2) is 9.97 Å². The Hall–Kier alpha value is -2.20. The van der Waals surface area contributed by atoms with Crippen molar-refractivity contribution < 1.29 is 0 Å². The third-order valence-corrected chi connectivity index (χ3v) is 3.96. The zero-order valence-corrected chi connectivity index (χ0v) is 11.3. The molecule has 0 spiro atoms. The molecule has 3 nitrogen and oxygen atoms in total. The smallest absolute Gasteiger partial charge is 0.159 e. The van der Waals surface area contributed by atoms with E-state index in [4.69, 9.17) is 5.73 Å². The van der Waals surface area contributed by atoms with Crippen LogP contribution in [0.15, 0.2) is 48.0 Å². The third kappa shape index (κ3) is 2.35. The zero-order valence-electron chi connectivity index (χ0n) is 10.5. The Kier molecular flexibility index (Phi) is 3.01. The van der Waals surface area contributed by atoms with Crippen LogP contribution in [0.3, 0.4) is 0 Å². The Morgan fingerprint density at radius 2 is 1.84 bits per heavy atom. The largest absolute Gasteiger partial charge is 0.399 e. The predicted molar refractivity (Wildman–Crippen MR) is 79.9 cm³/mol. The first kappa shape index (κ1) is 11.9. The Morgan fingerprint density at radius 1 is 1.05 bits per heavy atom. The molecule has 0 unspecified atom stereocenters. The molecule has 0 aliphatic carbocycles. The van der Waals surface area contributed by atoms with Crippen molar-refractivity contribution in [2.24, 2.45) is 0 Å². The van der Waals surface area contributed by atoms with Crippen LogP contribution >= 0.6 is 11.3 Å². The monoisotopic (exact) mass is 267 g/mol. The van der Waals surface area contributed by atoms with E-state index in [1.165, 1.54) is 10.4 Å². The van der Waals surface area contributed by atoms with E-state index in [1.807, 2.05) is 30.3 Å². The van der Waals surface area contributed by atoms with Gasteiger partial charge in [0.2, 0.25) is 0 Å². The number of thiophene rings is 1. The number of hydrogen-bond donors (Lipinski definition) is 1. The molecule has 0 saturated heterocycles. The summed E-state index contributed by atoms with van der Waals surface area (Å²) in [7, 11) is 0. The van der Waals surface area contributed by atoms with Crippen molar-refractivity contribution in [1.29, 1.82) is 0 Å². The van der Waals surface area contributed by atoms with Crippen molar-refractivity contribution >= 4 is 17.0 Å². The molecule has 1 aromatic carbocycles. The Balaban J connectivity index is 2.05. The van der Waals surface area contributed by atoms with E-state index in [-0.39, 0.29) is 0 Å². The lowest BCUT2D eigenvalue weighted by Crippen LogP contribution is -1.92. The number of rotatable bonds is 2. The molecule has 0 atom stereocenters. The number of nitrogens with zero attached hydrogens (tertiary/aromatic N) is 2. The summed E-state index contributed by atoms with van der Waals surface area (Å²) in [6.45, 7) is 2.09. The second-order valence-electron chi connectivity index (χ2n) is 4.32. The predicted octanol–water partition coefficient (Wildman–Crippen LogP) is 3.76. The molecule has 94 valence electrons. The summed E-state index contributed by atoms with van der Waals surface area (Å²) >= 11 is 1.70. The maximum absolute atomic E-state index is 5.69. The molecule has 0 fully saturated rings. The molecule has 0 saturated carbocycles. The molecule has 0 amide bonds. The molecule has 4 heteroatoms. The van der Waals surface area contributed by atoms with Crippen molar-refractivity contribution in [3.05, 3.63) is 53.5 Å². The number of aryl methyl sites for hydroxylation is 1. The van der Waals surface area contributed by atoms with Gasteiger partial charge in [0.25, 0.3) is 0 Å². The van der Waals surface area contributed by atoms with Gasteiger partial charge in [-0.2, -0.15) is 0 Å². The first-order chi connectivity index (χ1) is 9.24. The van der Waals surface area contributed by atoms with Crippen LogP contribution in [-0.2, 0) is 0 Å². The van der Waals surface area contributed by atoms with E-state index in [9.17, 15) is 0 Å². The maximum Gasteiger partial charge on any atom is 0.159 e. The molecule has 3 rings (SSSR count). The summed E-state index contributed by atoms with van der Waals surface area (Å²) in [5, 5.41) is 2.08. The van der Waals surface area contributed by atoms with E-state index in [2.05, 4.69) is 28.3 Å². The van der Waals surface area contributed by atoms with Gasteiger partial charge in [0.15, 0.2) is 5.82 Å². The van der Waals surface area contributed by atoms with E-state index in [1.54, 1.807) is 17.5 Å². The second kappa shape index (κ2) is 4.82. The summed E-state index contributed by atoms with van der Waals surface area (Å²) in [5.74, 6) is 0.727. The Morgan fingerprint density at radius 3 is 2.53 bits per heavy atom. The van der Waals surface area contributed by atoms with Crippen molar-refractivity contribution in [3.8, 4) is 22.0 Å². The van der Waals surface area contributed by atoms with Crippen molar-refractivity contribution in [3.63, 3.8) is 0 Å². The fraction of sp³-hybridized carbons (Fsp3) is 0.0667. The van der Waals surface area contributed by atoms with Crippen LogP contribution in [0, 0.1) is 6.92 Å². The van der Waals surface area contributed by atoms with Crippen LogP contribution < -0.4 is 5.73 Å². The standard InChI is InChI=1S/C15H13N3S/c1-10-7-9-19-14(10)13-6-8-17-15(18-13)11-2-4-12(16)5-3-11/h2-9H,16H2,1H3. The molecule has 0 aliphatic rings. The van der Waals surface area contributed by atoms with Crippen LogP contribution in [0.4, 0.5) is 5.69 Å². The fourth-order valence-corrected chi connectivity index (χ4v) is 2.79. The number of anilines is 1. The molecule has 0 radical (unpaired) electrons. The molecule has 2 heterocycles. The number of aromatic nitrogens is 2. The van der Waals surface area contributed by atoms with Gasteiger partial charge in [-0.25, -0.2) is 9.97 Å².